The second-order valence-corrected chi connectivity index (χ2v) is 15.5. The molecule has 60 heavy (non-hydrogen) atoms. The third-order valence-electron chi connectivity index (χ3n) is 12.2. The topological polar surface area (TPSA) is 47.9 Å². The van der Waals surface area contributed by atoms with Crippen molar-refractivity contribution in [3.05, 3.63) is 235 Å². The Morgan fingerprint density at radius 1 is 0.283 bits per heavy atom. The van der Waals surface area contributed by atoms with Crippen LogP contribution >= 0.6 is 0 Å². The quantitative estimate of drug-likeness (QED) is 0.175. The zero-order chi connectivity index (χ0) is 39.6. The summed E-state index contributed by atoms with van der Waals surface area (Å²) in [7, 11) is 0. The predicted molar refractivity (Wildman–Crippen MR) is 242 cm³/mol. The number of fused-ring (bicyclic) bond motifs is 10. The Balaban J connectivity index is 0.937. The molecule has 1 aliphatic heterocycles. The Kier molecular flexibility index (Phi) is 7.72. The number of para-hydroxylation sites is 2. The SMILES string of the molecule is c1ccc(-c2nc(-c3ccc(-c4ccc5c(c4)C4(c6ccccc6Oc6ccccc64)c4ccccc4-5)cc3)nc(-c3ccc(-c4ccc5ccccc5c4)cc3)n2)cc1. The molecule has 0 amide bonds. The van der Waals surface area contributed by atoms with Crippen LogP contribution in [0.1, 0.15) is 22.3 Å². The first kappa shape index (κ1) is 34.1. The first-order chi connectivity index (χ1) is 29.7. The molecule has 2 aliphatic rings. The summed E-state index contributed by atoms with van der Waals surface area (Å²) < 4.78 is 6.56. The monoisotopic (exact) mass is 765 g/mol. The molecule has 280 valence electrons. The standard InChI is InChI=1S/C56H35N3O/c1-2-13-39(14-3-1)53-57-54(40-27-22-37(23-28-40)43-31-26-36-12-4-5-15-42(36)34-43)59-55(58-53)41-29-24-38(25-30-41)44-32-33-46-45-16-6-7-17-47(45)56(50(46)35-44)48-18-8-10-20-51(48)60-52-21-11-9-19-49(52)56/h1-35H. The van der Waals surface area contributed by atoms with Crippen molar-refractivity contribution < 1.29 is 4.74 Å². The lowest BCUT2D eigenvalue weighted by molar-refractivity contribution is 0.436. The molecule has 0 unspecified atom stereocenters. The molecule has 0 radical (unpaired) electrons. The van der Waals surface area contributed by atoms with Gasteiger partial charge in [0.05, 0.1) is 5.41 Å². The second kappa shape index (κ2) is 13.6. The summed E-state index contributed by atoms with van der Waals surface area (Å²) in [4.78, 5) is 15.1. The molecule has 1 aliphatic carbocycles. The van der Waals surface area contributed by atoms with Crippen molar-refractivity contribution in [2.45, 2.75) is 5.41 Å². The summed E-state index contributed by atoms with van der Waals surface area (Å²) >= 11 is 0. The fraction of sp³-hybridized carbons (Fsp3) is 0.0179. The molecule has 0 N–H and O–H groups in total. The van der Waals surface area contributed by atoms with Crippen molar-refractivity contribution >= 4 is 10.8 Å². The van der Waals surface area contributed by atoms with Gasteiger partial charge in [-0.2, -0.15) is 0 Å². The first-order valence-corrected chi connectivity index (χ1v) is 20.3. The van der Waals surface area contributed by atoms with Crippen molar-refractivity contribution in [3.8, 4) is 79.0 Å². The van der Waals surface area contributed by atoms with E-state index in [9.17, 15) is 0 Å². The van der Waals surface area contributed by atoms with Gasteiger partial charge in [-0.05, 0) is 79.5 Å². The lowest BCUT2D eigenvalue weighted by Gasteiger charge is -2.39. The third-order valence-corrected chi connectivity index (χ3v) is 12.2. The molecule has 4 nitrogen and oxygen atoms in total. The Labute approximate surface area is 348 Å². The van der Waals surface area contributed by atoms with Gasteiger partial charge in [0.1, 0.15) is 11.5 Å². The highest BCUT2D eigenvalue weighted by Gasteiger charge is 2.51. The van der Waals surface area contributed by atoms with E-state index in [1.807, 2.05) is 30.3 Å². The van der Waals surface area contributed by atoms with Gasteiger partial charge in [-0.25, -0.2) is 15.0 Å². The lowest BCUT2D eigenvalue weighted by atomic mass is 9.66. The molecule has 10 aromatic rings. The van der Waals surface area contributed by atoms with Crippen LogP contribution in [0.3, 0.4) is 0 Å². The Bertz CT molecular complexity index is 3240. The minimum atomic E-state index is -0.518. The third kappa shape index (κ3) is 5.35. The summed E-state index contributed by atoms with van der Waals surface area (Å²) in [6.45, 7) is 0. The van der Waals surface area contributed by atoms with Gasteiger partial charge in [0.15, 0.2) is 17.5 Å². The second-order valence-electron chi connectivity index (χ2n) is 15.5. The Morgan fingerprint density at radius 3 is 1.35 bits per heavy atom. The molecule has 0 bridgehead atoms. The van der Waals surface area contributed by atoms with E-state index in [1.165, 1.54) is 38.6 Å². The first-order valence-electron chi connectivity index (χ1n) is 20.3. The number of aromatic nitrogens is 3. The van der Waals surface area contributed by atoms with E-state index in [2.05, 4.69) is 182 Å². The van der Waals surface area contributed by atoms with Crippen LogP contribution in [0.5, 0.6) is 11.5 Å². The molecular weight excluding hydrogens is 731 g/mol. The fourth-order valence-electron chi connectivity index (χ4n) is 9.38. The van der Waals surface area contributed by atoms with Crippen LogP contribution in [-0.4, -0.2) is 15.0 Å². The van der Waals surface area contributed by atoms with Gasteiger partial charge >= 0.3 is 0 Å². The number of hydrogen-bond donors (Lipinski definition) is 0. The minimum absolute atomic E-state index is 0.518. The molecule has 0 saturated heterocycles. The van der Waals surface area contributed by atoms with Crippen molar-refractivity contribution in [2.24, 2.45) is 0 Å². The van der Waals surface area contributed by atoms with E-state index >= 15 is 0 Å². The van der Waals surface area contributed by atoms with E-state index in [1.54, 1.807) is 0 Å². The van der Waals surface area contributed by atoms with E-state index in [0.29, 0.717) is 17.5 Å². The largest absolute Gasteiger partial charge is 0.457 e. The van der Waals surface area contributed by atoms with Gasteiger partial charge < -0.3 is 4.74 Å². The number of nitrogens with zero attached hydrogens (tertiary/aromatic N) is 3. The average Bonchev–Trinajstić information content (AvgIpc) is 3.61. The van der Waals surface area contributed by atoms with Crippen LogP contribution in [0.25, 0.3) is 78.3 Å². The molecule has 4 heteroatoms. The van der Waals surface area contributed by atoms with Crippen LogP contribution in [0, 0.1) is 0 Å². The Morgan fingerprint density at radius 2 is 0.717 bits per heavy atom. The van der Waals surface area contributed by atoms with E-state index in [-0.39, 0.29) is 0 Å². The highest BCUT2D eigenvalue weighted by atomic mass is 16.5. The molecule has 2 heterocycles. The zero-order valence-electron chi connectivity index (χ0n) is 32.5. The molecular formula is C56H35N3O. The summed E-state index contributed by atoms with van der Waals surface area (Å²) in [6.07, 6.45) is 0. The molecule has 0 saturated carbocycles. The van der Waals surface area contributed by atoms with Crippen molar-refractivity contribution in [1.29, 1.82) is 0 Å². The Hall–Kier alpha value is -7.95. The van der Waals surface area contributed by atoms with Crippen LogP contribution in [0.2, 0.25) is 0 Å². The lowest BCUT2D eigenvalue weighted by Crippen LogP contribution is -2.32. The van der Waals surface area contributed by atoms with E-state index < -0.39 is 5.41 Å². The number of hydrogen-bond acceptors (Lipinski definition) is 4. The van der Waals surface area contributed by atoms with Crippen molar-refractivity contribution in [2.75, 3.05) is 0 Å². The van der Waals surface area contributed by atoms with Crippen molar-refractivity contribution in [3.63, 3.8) is 0 Å². The van der Waals surface area contributed by atoms with Crippen LogP contribution < -0.4 is 4.74 Å². The molecule has 0 fully saturated rings. The van der Waals surface area contributed by atoms with Gasteiger partial charge in [-0.15, -0.1) is 0 Å². The van der Waals surface area contributed by atoms with Gasteiger partial charge in [-0.1, -0.05) is 188 Å². The summed E-state index contributed by atoms with van der Waals surface area (Å²) in [5.41, 5.74) is 14.2. The maximum atomic E-state index is 6.56. The van der Waals surface area contributed by atoms with Crippen LogP contribution in [-0.2, 0) is 5.41 Å². The fourth-order valence-corrected chi connectivity index (χ4v) is 9.38. The highest BCUT2D eigenvalue weighted by molar-refractivity contribution is 5.91. The van der Waals surface area contributed by atoms with Crippen LogP contribution in [0.4, 0.5) is 0 Å². The number of benzene rings is 9. The molecule has 12 rings (SSSR count). The predicted octanol–water partition coefficient (Wildman–Crippen LogP) is 13.8. The van der Waals surface area contributed by atoms with E-state index in [4.69, 9.17) is 19.7 Å². The van der Waals surface area contributed by atoms with Gasteiger partial charge in [0, 0.05) is 27.8 Å². The summed E-state index contributed by atoms with van der Waals surface area (Å²) in [5.74, 6) is 3.68. The van der Waals surface area contributed by atoms with Crippen molar-refractivity contribution in [1.82, 2.24) is 15.0 Å². The van der Waals surface area contributed by atoms with Gasteiger partial charge in [0.25, 0.3) is 0 Å². The zero-order valence-corrected chi connectivity index (χ0v) is 32.5. The van der Waals surface area contributed by atoms with E-state index in [0.717, 1.165) is 56.0 Å². The molecule has 9 aromatic carbocycles. The number of ether oxygens (including phenoxy) is 1. The maximum Gasteiger partial charge on any atom is 0.164 e. The maximum absolute atomic E-state index is 6.56. The van der Waals surface area contributed by atoms with Gasteiger partial charge in [-0.3, -0.25) is 0 Å². The highest BCUT2D eigenvalue weighted by Crippen LogP contribution is 2.62. The molecule has 0 atom stereocenters. The smallest absolute Gasteiger partial charge is 0.164 e. The molecule has 1 spiro atoms. The molecule has 1 aromatic heterocycles. The normalized spacial score (nSPS) is 12.9. The average molecular weight is 766 g/mol. The minimum Gasteiger partial charge on any atom is -0.457 e. The number of rotatable bonds is 5. The summed E-state index contributed by atoms with van der Waals surface area (Å²) in [6, 6.07) is 75.1. The van der Waals surface area contributed by atoms with Gasteiger partial charge in [0.2, 0.25) is 0 Å². The summed E-state index contributed by atoms with van der Waals surface area (Å²) in [5, 5.41) is 2.46. The van der Waals surface area contributed by atoms with Crippen LogP contribution in [0.15, 0.2) is 212 Å².